The van der Waals surface area contributed by atoms with Gasteiger partial charge in [-0.15, -0.1) is 0 Å². The van der Waals surface area contributed by atoms with E-state index in [0.717, 1.165) is 56.8 Å². The highest BCUT2D eigenvalue weighted by Gasteiger charge is 2.57. The molecular formula is C23H31ClN2O3. The van der Waals surface area contributed by atoms with Crippen LogP contribution in [0.5, 0.6) is 5.75 Å². The summed E-state index contributed by atoms with van der Waals surface area (Å²) in [4.78, 5) is 17.3. The van der Waals surface area contributed by atoms with Gasteiger partial charge in [-0.2, -0.15) is 0 Å². The van der Waals surface area contributed by atoms with Crippen molar-refractivity contribution in [1.29, 1.82) is 0 Å². The number of amides is 1. The number of ether oxygens (including phenoxy) is 2. The fourth-order valence-electron chi connectivity index (χ4n) is 5.78. The molecule has 1 aromatic carbocycles. The lowest BCUT2D eigenvalue weighted by Crippen LogP contribution is -2.66. The topological polar surface area (TPSA) is 42.0 Å². The van der Waals surface area contributed by atoms with Gasteiger partial charge in [0.05, 0.1) is 12.7 Å². The molecule has 0 N–H and O–H groups in total. The fourth-order valence-corrected chi connectivity index (χ4v) is 5.96. The van der Waals surface area contributed by atoms with Crippen LogP contribution in [0.3, 0.4) is 0 Å². The average molecular weight is 419 g/mol. The van der Waals surface area contributed by atoms with Crippen LogP contribution in [0.15, 0.2) is 18.2 Å². The Morgan fingerprint density at radius 2 is 1.93 bits per heavy atom. The van der Waals surface area contributed by atoms with Crippen molar-refractivity contribution in [3.8, 4) is 5.75 Å². The summed E-state index contributed by atoms with van der Waals surface area (Å²) in [6, 6.07) is 5.81. The van der Waals surface area contributed by atoms with Crippen LogP contribution in [0.2, 0.25) is 5.02 Å². The maximum absolute atomic E-state index is 13.0. The number of likely N-dealkylation sites (tertiary alicyclic amines) is 2. The maximum Gasteiger partial charge on any atom is 0.225 e. The standard InChI is InChI=1S/C23H31ClN2O3/c1-22(2)18-11-23(12-26(13-23)21(27)15-6-8-25(3)9-7-15)14-28-20(18)17-10-16(24)4-5-19(17)29-22/h4-5,10,15,18,20H,6-9,11-14H2,1-3H3/t18-,20+/m0/s1. The van der Waals surface area contributed by atoms with Crippen LogP contribution in [0.1, 0.15) is 44.8 Å². The second-order valence-electron chi connectivity index (χ2n) is 10.2. The Morgan fingerprint density at radius 3 is 2.66 bits per heavy atom. The number of hydrogen-bond donors (Lipinski definition) is 0. The van der Waals surface area contributed by atoms with E-state index in [4.69, 9.17) is 21.1 Å². The summed E-state index contributed by atoms with van der Waals surface area (Å²) in [6.45, 7) is 8.70. The van der Waals surface area contributed by atoms with Crippen molar-refractivity contribution >= 4 is 17.5 Å². The molecule has 5 rings (SSSR count). The van der Waals surface area contributed by atoms with Crippen LogP contribution in [0.25, 0.3) is 0 Å². The minimum absolute atomic E-state index is 0.0108. The molecule has 3 fully saturated rings. The number of nitrogens with zero attached hydrogens (tertiary/aromatic N) is 2. The molecule has 6 heteroatoms. The van der Waals surface area contributed by atoms with E-state index < -0.39 is 0 Å². The molecule has 1 amide bonds. The first kappa shape index (κ1) is 19.7. The third-order valence-corrected chi connectivity index (χ3v) is 7.80. The van der Waals surface area contributed by atoms with Crippen molar-refractivity contribution < 1.29 is 14.3 Å². The molecular weight excluding hydrogens is 388 g/mol. The molecule has 1 aromatic rings. The molecule has 0 aliphatic carbocycles. The molecule has 3 saturated heterocycles. The molecule has 0 aromatic heterocycles. The van der Waals surface area contributed by atoms with E-state index in [1.807, 2.05) is 18.2 Å². The molecule has 0 unspecified atom stereocenters. The summed E-state index contributed by atoms with van der Waals surface area (Å²) in [5.74, 6) is 1.68. The predicted molar refractivity (Wildman–Crippen MR) is 112 cm³/mol. The Hall–Kier alpha value is -1.30. The van der Waals surface area contributed by atoms with Crippen molar-refractivity contribution in [2.24, 2.45) is 17.3 Å². The lowest BCUT2D eigenvalue weighted by molar-refractivity contribution is -0.203. The number of rotatable bonds is 1. The van der Waals surface area contributed by atoms with E-state index >= 15 is 0 Å². The third kappa shape index (κ3) is 3.35. The van der Waals surface area contributed by atoms with Gasteiger partial charge in [0.2, 0.25) is 5.91 Å². The molecule has 0 saturated carbocycles. The molecule has 4 heterocycles. The third-order valence-electron chi connectivity index (χ3n) is 7.56. The number of halogens is 1. The highest BCUT2D eigenvalue weighted by Crippen LogP contribution is 2.55. The van der Waals surface area contributed by atoms with Gasteiger partial charge in [0.25, 0.3) is 0 Å². The van der Waals surface area contributed by atoms with E-state index in [1.54, 1.807) is 0 Å². The molecule has 4 aliphatic heterocycles. The lowest BCUT2D eigenvalue weighted by atomic mass is 9.64. The van der Waals surface area contributed by atoms with Gasteiger partial charge in [-0.25, -0.2) is 0 Å². The van der Waals surface area contributed by atoms with Crippen molar-refractivity contribution in [2.75, 3.05) is 39.8 Å². The van der Waals surface area contributed by atoms with Crippen LogP contribution < -0.4 is 4.74 Å². The molecule has 1 spiro atoms. The Bertz CT molecular complexity index is 812. The number of fused-ring (bicyclic) bond motifs is 3. The zero-order chi connectivity index (χ0) is 20.4. The maximum atomic E-state index is 13.0. The van der Waals surface area contributed by atoms with Gasteiger partial charge >= 0.3 is 0 Å². The highest BCUT2D eigenvalue weighted by molar-refractivity contribution is 6.30. The summed E-state index contributed by atoms with van der Waals surface area (Å²) in [6.07, 6.45) is 3.00. The largest absolute Gasteiger partial charge is 0.487 e. The number of hydrogen-bond acceptors (Lipinski definition) is 4. The summed E-state index contributed by atoms with van der Waals surface area (Å²) >= 11 is 6.25. The van der Waals surface area contributed by atoms with E-state index in [0.29, 0.717) is 17.5 Å². The fraction of sp³-hybridized carbons (Fsp3) is 0.696. The first-order valence-electron chi connectivity index (χ1n) is 10.8. The van der Waals surface area contributed by atoms with Gasteiger partial charge in [-0.1, -0.05) is 11.6 Å². The van der Waals surface area contributed by atoms with Gasteiger partial charge in [-0.05, 0) is 71.4 Å². The van der Waals surface area contributed by atoms with Crippen LogP contribution in [0.4, 0.5) is 0 Å². The van der Waals surface area contributed by atoms with Crippen molar-refractivity contribution in [2.45, 2.75) is 44.8 Å². The van der Waals surface area contributed by atoms with Crippen molar-refractivity contribution in [3.05, 3.63) is 28.8 Å². The zero-order valence-corrected chi connectivity index (χ0v) is 18.4. The quantitative estimate of drug-likeness (QED) is 0.696. The van der Waals surface area contributed by atoms with Gasteiger partial charge in [0.15, 0.2) is 0 Å². The number of piperidine rings is 1. The van der Waals surface area contributed by atoms with Crippen molar-refractivity contribution in [3.63, 3.8) is 0 Å². The molecule has 0 bridgehead atoms. The van der Waals surface area contributed by atoms with Gasteiger partial charge in [0.1, 0.15) is 11.4 Å². The first-order chi connectivity index (χ1) is 13.8. The van der Waals surface area contributed by atoms with Crippen LogP contribution in [0, 0.1) is 17.3 Å². The minimum atomic E-state index is -0.308. The van der Waals surface area contributed by atoms with Crippen LogP contribution in [-0.4, -0.2) is 61.1 Å². The van der Waals surface area contributed by atoms with Gasteiger partial charge in [0, 0.05) is 40.9 Å². The monoisotopic (exact) mass is 418 g/mol. The van der Waals surface area contributed by atoms with Crippen molar-refractivity contribution in [1.82, 2.24) is 9.80 Å². The summed E-state index contributed by atoms with van der Waals surface area (Å²) in [7, 11) is 2.13. The number of benzene rings is 1. The average Bonchev–Trinajstić information content (AvgIpc) is 2.66. The first-order valence-corrected chi connectivity index (χ1v) is 11.2. The Balaban J connectivity index is 1.29. The van der Waals surface area contributed by atoms with Crippen LogP contribution in [-0.2, 0) is 9.53 Å². The predicted octanol–water partition coefficient (Wildman–Crippen LogP) is 3.76. The Labute approximate surface area is 178 Å². The summed E-state index contributed by atoms with van der Waals surface area (Å²) in [5.41, 5.74) is 0.825. The van der Waals surface area contributed by atoms with E-state index in [2.05, 4.69) is 30.7 Å². The minimum Gasteiger partial charge on any atom is -0.487 e. The molecule has 0 radical (unpaired) electrons. The summed E-state index contributed by atoms with van der Waals surface area (Å²) < 4.78 is 12.8. The molecule has 4 aliphatic rings. The normalized spacial score (nSPS) is 30.8. The number of carbonyl (C=O) groups is 1. The molecule has 5 nitrogen and oxygen atoms in total. The zero-order valence-electron chi connectivity index (χ0n) is 17.6. The highest BCUT2D eigenvalue weighted by atomic mass is 35.5. The molecule has 29 heavy (non-hydrogen) atoms. The lowest BCUT2D eigenvalue weighted by Gasteiger charge is -2.59. The molecule has 158 valence electrons. The van der Waals surface area contributed by atoms with Crippen LogP contribution >= 0.6 is 11.6 Å². The number of carbonyl (C=O) groups excluding carboxylic acids is 1. The Kier molecular flexibility index (Phi) is 4.65. The van der Waals surface area contributed by atoms with E-state index in [9.17, 15) is 4.79 Å². The van der Waals surface area contributed by atoms with E-state index in [-0.39, 0.29) is 29.0 Å². The summed E-state index contributed by atoms with van der Waals surface area (Å²) in [5, 5.41) is 0.716. The smallest absolute Gasteiger partial charge is 0.225 e. The second-order valence-corrected chi connectivity index (χ2v) is 10.6. The van der Waals surface area contributed by atoms with E-state index in [1.165, 1.54) is 0 Å². The molecule has 2 atom stereocenters. The SMILES string of the molecule is CN1CCC(C(=O)N2CC3(CO[C@@H]4c5cc(Cl)ccc5OC(C)(C)[C@H]4C3)C2)CC1. The van der Waals surface area contributed by atoms with Gasteiger partial charge in [-0.3, -0.25) is 4.79 Å². The van der Waals surface area contributed by atoms with Gasteiger partial charge < -0.3 is 19.3 Å². The second kappa shape index (κ2) is 6.86. The Morgan fingerprint density at radius 1 is 1.21 bits per heavy atom.